The van der Waals surface area contributed by atoms with Crippen LogP contribution >= 0.6 is 22.6 Å². The van der Waals surface area contributed by atoms with Crippen molar-refractivity contribution in [3.8, 4) is 5.88 Å². The molecule has 21 heavy (non-hydrogen) atoms. The van der Waals surface area contributed by atoms with Crippen molar-refractivity contribution in [3.05, 3.63) is 21.9 Å². The van der Waals surface area contributed by atoms with E-state index in [2.05, 4.69) is 27.6 Å². The number of aromatic nitrogens is 1. The van der Waals surface area contributed by atoms with Gasteiger partial charge in [-0.25, -0.2) is 4.98 Å². The Balaban J connectivity index is 0.000000194. The van der Waals surface area contributed by atoms with Crippen molar-refractivity contribution in [1.29, 1.82) is 0 Å². The van der Waals surface area contributed by atoms with Crippen LogP contribution in [0.15, 0.2) is 18.3 Å². The first-order valence-electron chi connectivity index (χ1n) is 7.36. The number of hydrogen-bond acceptors (Lipinski definition) is 5. The number of aliphatic hydroxyl groups excluding tert-OH is 1. The minimum absolute atomic E-state index is 0.0891. The molecule has 2 aliphatic rings. The Hall–Kier alpha value is -0.440. The second-order valence-electron chi connectivity index (χ2n) is 5.06. The van der Waals surface area contributed by atoms with Gasteiger partial charge in [-0.2, -0.15) is 0 Å². The van der Waals surface area contributed by atoms with Gasteiger partial charge in [-0.05, 0) is 47.6 Å². The summed E-state index contributed by atoms with van der Waals surface area (Å²) in [6, 6.07) is 3.92. The van der Waals surface area contributed by atoms with Crippen molar-refractivity contribution >= 4 is 22.6 Å². The molecule has 0 spiro atoms. The van der Waals surface area contributed by atoms with Crippen molar-refractivity contribution in [2.75, 3.05) is 26.4 Å². The minimum atomic E-state index is -0.0891. The zero-order valence-electron chi connectivity index (χ0n) is 12.0. The predicted molar refractivity (Wildman–Crippen MR) is 87.5 cm³/mol. The Kier molecular flexibility index (Phi) is 7.70. The van der Waals surface area contributed by atoms with Gasteiger partial charge < -0.3 is 19.3 Å². The summed E-state index contributed by atoms with van der Waals surface area (Å²) in [7, 11) is 0. The molecule has 3 rings (SSSR count). The lowest BCUT2D eigenvalue weighted by atomic mass is 10.2. The molecule has 0 bridgehead atoms. The molecule has 5 nitrogen and oxygen atoms in total. The monoisotopic (exact) mass is 407 g/mol. The second-order valence-corrected chi connectivity index (χ2v) is 6.23. The molecule has 2 aliphatic heterocycles. The normalized spacial score (nSPS) is 20.5. The van der Waals surface area contributed by atoms with Crippen LogP contribution in [0.3, 0.4) is 0 Å². The Morgan fingerprint density at radius 1 is 1.10 bits per heavy atom. The summed E-state index contributed by atoms with van der Waals surface area (Å²) in [5.74, 6) is 0.750. The number of rotatable bonds is 2. The van der Waals surface area contributed by atoms with Gasteiger partial charge in [0.05, 0.1) is 22.9 Å². The van der Waals surface area contributed by atoms with E-state index in [0.717, 1.165) is 61.6 Å². The van der Waals surface area contributed by atoms with E-state index < -0.39 is 0 Å². The maximum absolute atomic E-state index is 8.83. The van der Waals surface area contributed by atoms with Gasteiger partial charge in [0.1, 0.15) is 6.10 Å². The van der Waals surface area contributed by atoms with Crippen molar-refractivity contribution < 1.29 is 19.3 Å². The Labute approximate surface area is 139 Å². The fourth-order valence-corrected chi connectivity index (χ4v) is 2.57. The Bertz CT molecular complexity index is 406. The van der Waals surface area contributed by atoms with Crippen LogP contribution in [0.25, 0.3) is 0 Å². The van der Waals surface area contributed by atoms with E-state index in [1.165, 1.54) is 0 Å². The van der Waals surface area contributed by atoms with Crippen molar-refractivity contribution in [2.24, 2.45) is 0 Å². The van der Waals surface area contributed by atoms with Gasteiger partial charge in [-0.1, -0.05) is 0 Å². The standard InChI is InChI=1S/C10H12INO2.C5H10O2/c11-9-2-1-5-12-10(9)14-8-3-6-13-7-4-8;6-5-1-3-7-4-2-5/h1-2,5,8H,3-4,6-7H2;5-6H,1-4H2. The fourth-order valence-electron chi connectivity index (χ4n) is 2.09. The maximum Gasteiger partial charge on any atom is 0.227 e. The zero-order valence-corrected chi connectivity index (χ0v) is 14.2. The fraction of sp³-hybridized carbons (Fsp3) is 0.667. The molecule has 1 aromatic heterocycles. The molecule has 0 aromatic carbocycles. The lowest BCUT2D eigenvalue weighted by Crippen LogP contribution is -2.26. The molecular weight excluding hydrogens is 385 g/mol. The van der Waals surface area contributed by atoms with Crippen molar-refractivity contribution in [3.63, 3.8) is 0 Å². The van der Waals surface area contributed by atoms with Gasteiger partial charge in [0.25, 0.3) is 0 Å². The minimum Gasteiger partial charge on any atom is -0.473 e. The Morgan fingerprint density at radius 2 is 1.71 bits per heavy atom. The molecule has 2 saturated heterocycles. The highest BCUT2D eigenvalue weighted by Crippen LogP contribution is 2.20. The van der Waals surface area contributed by atoms with Crippen molar-refractivity contribution in [1.82, 2.24) is 4.98 Å². The van der Waals surface area contributed by atoms with E-state index in [0.29, 0.717) is 0 Å². The van der Waals surface area contributed by atoms with Crippen LogP contribution in [-0.4, -0.2) is 48.7 Å². The number of ether oxygens (including phenoxy) is 3. The lowest BCUT2D eigenvalue weighted by Gasteiger charge is -2.22. The highest BCUT2D eigenvalue weighted by atomic mass is 127. The molecule has 0 aliphatic carbocycles. The molecule has 1 aromatic rings. The van der Waals surface area contributed by atoms with Gasteiger partial charge in [0.15, 0.2) is 0 Å². The first-order valence-corrected chi connectivity index (χ1v) is 8.44. The lowest BCUT2D eigenvalue weighted by molar-refractivity contribution is 0.0140. The molecule has 0 atom stereocenters. The zero-order chi connectivity index (χ0) is 14.9. The average molecular weight is 407 g/mol. The summed E-state index contributed by atoms with van der Waals surface area (Å²) in [6.07, 6.45) is 5.51. The molecule has 3 heterocycles. The van der Waals surface area contributed by atoms with Gasteiger partial charge >= 0.3 is 0 Å². The van der Waals surface area contributed by atoms with Crippen LogP contribution in [-0.2, 0) is 9.47 Å². The SMILES string of the molecule is Ic1cccnc1OC1CCOCC1.OC1CCOCC1. The van der Waals surface area contributed by atoms with Crippen LogP contribution in [0, 0.1) is 3.57 Å². The number of aliphatic hydroxyl groups is 1. The number of pyridine rings is 1. The molecular formula is C15H22INO4. The summed E-state index contributed by atoms with van der Waals surface area (Å²) in [6.45, 7) is 3.07. The summed E-state index contributed by atoms with van der Waals surface area (Å²) in [4.78, 5) is 4.20. The second kappa shape index (κ2) is 9.55. The van der Waals surface area contributed by atoms with E-state index in [9.17, 15) is 0 Å². The smallest absolute Gasteiger partial charge is 0.227 e. The predicted octanol–water partition coefficient (Wildman–Crippen LogP) is 2.40. The average Bonchev–Trinajstić information content (AvgIpc) is 2.52. The van der Waals surface area contributed by atoms with Gasteiger partial charge in [0.2, 0.25) is 5.88 Å². The van der Waals surface area contributed by atoms with E-state index in [-0.39, 0.29) is 12.2 Å². The van der Waals surface area contributed by atoms with Crippen LogP contribution in [0.5, 0.6) is 5.88 Å². The number of nitrogens with zero attached hydrogens (tertiary/aromatic N) is 1. The number of halogens is 1. The van der Waals surface area contributed by atoms with Crippen molar-refractivity contribution in [2.45, 2.75) is 37.9 Å². The molecule has 1 N–H and O–H groups in total. The maximum atomic E-state index is 8.83. The largest absolute Gasteiger partial charge is 0.473 e. The number of hydrogen-bond donors (Lipinski definition) is 1. The molecule has 0 amide bonds. The summed E-state index contributed by atoms with van der Waals surface area (Å²) >= 11 is 2.24. The Morgan fingerprint density at radius 3 is 2.24 bits per heavy atom. The third-order valence-electron chi connectivity index (χ3n) is 3.36. The van der Waals surface area contributed by atoms with E-state index in [4.69, 9.17) is 19.3 Å². The van der Waals surface area contributed by atoms with E-state index in [1.54, 1.807) is 6.20 Å². The van der Waals surface area contributed by atoms with Gasteiger partial charge in [-0.15, -0.1) is 0 Å². The third kappa shape index (κ3) is 6.46. The molecule has 0 unspecified atom stereocenters. The molecule has 2 fully saturated rings. The van der Waals surface area contributed by atoms with E-state index in [1.807, 2.05) is 12.1 Å². The highest BCUT2D eigenvalue weighted by Gasteiger charge is 2.16. The quantitative estimate of drug-likeness (QED) is 0.764. The summed E-state index contributed by atoms with van der Waals surface area (Å²) in [5, 5.41) is 8.83. The van der Waals surface area contributed by atoms with Crippen LogP contribution in [0.2, 0.25) is 0 Å². The van der Waals surface area contributed by atoms with E-state index >= 15 is 0 Å². The van der Waals surface area contributed by atoms with Gasteiger partial charge in [0, 0.05) is 32.3 Å². The summed E-state index contributed by atoms with van der Waals surface area (Å²) < 4.78 is 17.1. The third-order valence-corrected chi connectivity index (χ3v) is 4.18. The molecule has 118 valence electrons. The first kappa shape index (κ1) is 16.9. The molecule has 6 heteroatoms. The first-order chi connectivity index (χ1) is 10.3. The van der Waals surface area contributed by atoms with Crippen LogP contribution in [0.4, 0.5) is 0 Å². The molecule has 0 radical (unpaired) electrons. The van der Waals surface area contributed by atoms with Gasteiger partial charge in [-0.3, -0.25) is 0 Å². The van der Waals surface area contributed by atoms with Crippen LogP contribution < -0.4 is 4.74 Å². The molecule has 0 saturated carbocycles. The summed E-state index contributed by atoms with van der Waals surface area (Å²) in [5.41, 5.74) is 0. The topological polar surface area (TPSA) is 60.8 Å². The van der Waals surface area contributed by atoms with Crippen LogP contribution in [0.1, 0.15) is 25.7 Å². The highest BCUT2D eigenvalue weighted by molar-refractivity contribution is 14.1.